The largest absolute Gasteiger partial charge is 0.464 e. The van der Waals surface area contributed by atoms with Crippen LogP contribution in [0.15, 0.2) is 6.33 Å². The highest BCUT2D eigenvalue weighted by Gasteiger charge is 2.17. The van der Waals surface area contributed by atoms with E-state index < -0.39 is 12.1 Å². The molecule has 0 aliphatic rings. The zero-order valence-corrected chi connectivity index (χ0v) is 8.88. The van der Waals surface area contributed by atoms with E-state index in [0.717, 1.165) is 6.42 Å². The number of carbonyl (C=O) groups excluding carboxylic acids is 1. The van der Waals surface area contributed by atoms with E-state index in [9.17, 15) is 9.90 Å². The molecule has 0 bridgehead atoms. The summed E-state index contributed by atoms with van der Waals surface area (Å²) in [6, 6.07) is 0. The van der Waals surface area contributed by atoms with Crippen molar-refractivity contribution < 1.29 is 14.6 Å². The Labute approximate surface area is 87.9 Å². The molecular formula is C9H15N3O3. The van der Waals surface area contributed by atoms with E-state index >= 15 is 0 Å². The first-order valence-electron chi connectivity index (χ1n) is 4.90. The Kier molecular flexibility index (Phi) is 4.23. The SMILES string of the molecule is CCOC(=O)[C@H](O)Cn1cnc(CC)n1. The maximum atomic E-state index is 11.1. The van der Waals surface area contributed by atoms with E-state index in [1.54, 1.807) is 6.92 Å². The number of aryl methyl sites for hydroxylation is 1. The number of aromatic nitrogens is 3. The number of hydrogen-bond donors (Lipinski definition) is 1. The van der Waals surface area contributed by atoms with Crippen molar-refractivity contribution in [1.82, 2.24) is 14.8 Å². The van der Waals surface area contributed by atoms with Crippen molar-refractivity contribution in [3.05, 3.63) is 12.2 Å². The summed E-state index contributed by atoms with van der Waals surface area (Å²) in [5, 5.41) is 13.5. The highest BCUT2D eigenvalue weighted by molar-refractivity contribution is 5.74. The zero-order valence-electron chi connectivity index (χ0n) is 8.88. The van der Waals surface area contributed by atoms with Crippen LogP contribution in [0.4, 0.5) is 0 Å². The first kappa shape index (κ1) is 11.6. The van der Waals surface area contributed by atoms with Crippen molar-refractivity contribution in [2.45, 2.75) is 32.9 Å². The monoisotopic (exact) mass is 213 g/mol. The van der Waals surface area contributed by atoms with Crippen molar-refractivity contribution in [3.63, 3.8) is 0 Å². The molecule has 0 aliphatic heterocycles. The molecule has 0 saturated heterocycles. The van der Waals surface area contributed by atoms with Crippen LogP contribution in [0.2, 0.25) is 0 Å². The summed E-state index contributed by atoms with van der Waals surface area (Å²) < 4.78 is 6.09. The number of hydrogen-bond acceptors (Lipinski definition) is 5. The summed E-state index contributed by atoms with van der Waals surface area (Å²) in [6.07, 6.45) is 1.03. The van der Waals surface area contributed by atoms with Gasteiger partial charge in [0.25, 0.3) is 0 Å². The van der Waals surface area contributed by atoms with Gasteiger partial charge < -0.3 is 9.84 Å². The second kappa shape index (κ2) is 5.45. The van der Waals surface area contributed by atoms with Crippen LogP contribution in [0.5, 0.6) is 0 Å². The number of nitrogens with zero attached hydrogens (tertiary/aromatic N) is 3. The highest BCUT2D eigenvalue weighted by atomic mass is 16.5. The summed E-state index contributed by atoms with van der Waals surface area (Å²) in [6.45, 7) is 3.95. The zero-order chi connectivity index (χ0) is 11.3. The fraction of sp³-hybridized carbons (Fsp3) is 0.667. The maximum absolute atomic E-state index is 11.1. The molecule has 1 rings (SSSR count). The third kappa shape index (κ3) is 3.32. The quantitative estimate of drug-likeness (QED) is 0.683. The van der Waals surface area contributed by atoms with Crippen molar-refractivity contribution >= 4 is 5.97 Å². The number of aliphatic hydroxyl groups is 1. The van der Waals surface area contributed by atoms with Gasteiger partial charge in [0.2, 0.25) is 0 Å². The van der Waals surface area contributed by atoms with Crippen LogP contribution in [0.25, 0.3) is 0 Å². The van der Waals surface area contributed by atoms with Crippen molar-refractivity contribution in [2.24, 2.45) is 0 Å². The molecule has 1 N–H and O–H groups in total. The van der Waals surface area contributed by atoms with Gasteiger partial charge in [0.1, 0.15) is 12.2 Å². The van der Waals surface area contributed by atoms with E-state index in [1.165, 1.54) is 11.0 Å². The van der Waals surface area contributed by atoms with Crippen LogP contribution >= 0.6 is 0 Å². The second-order valence-electron chi connectivity index (χ2n) is 3.00. The molecule has 1 atom stereocenters. The molecule has 15 heavy (non-hydrogen) atoms. The summed E-state index contributed by atoms with van der Waals surface area (Å²) in [5.41, 5.74) is 0. The second-order valence-corrected chi connectivity index (χ2v) is 3.00. The lowest BCUT2D eigenvalue weighted by atomic mass is 10.3. The van der Waals surface area contributed by atoms with Crippen LogP contribution in [0.3, 0.4) is 0 Å². The standard InChI is InChI=1S/C9H15N3O3/c1-3-8-10-6-12(11-8)5-7(13)9(14)15-4-2/h6-7,13H,3-5H2,1-2H3/t7-/m1/s1. The number of aliphatic hydroxyl groups excluding tert-OH is 1. The average molecular weight is 213 g/mol. The fourth-order valence-corrected chi connectivity index (χ4v) is 1.07. The molecule has 6 nitrogen and oxygen atoms in total. The minimum absolute atomic E-state index is 0.0752. The molecule has 0 spiro atoms. The smallest absolute Gasteiger partial charge is 0.336 e. The van der Waals surface area contributed by atoms with Crippen LogP contribution in [0.1, 0.15) is 19.7 Å². The van der Waals surface area contributed by atoms with Gasteiger partial charge in [-0.05, 0) is 6.92 Å². The lowest BCUT2D eigenvalue weighted by Crippen LogP contribution is -2.28. The van der Waals surface area contributed by atoms with E-state index in [1.807, 2.05) is 6.92 Å². The van der Waals surface area contributed by atoms with Gasteiger partial charge in [0.05, 0.1) is 13.2 Å². The van der Waals surface area contributed by atoms with Gasteiger partial charge in [-0.2, -0.15) is 5.10 Å². The predicted octanol–water partition coefficient (Wildman–Crippen LogP) is -0.236. The highest BCUT2D eigenvalue weighted by Crippen LogP contribution is 1.96. The molecule has 0 amide bonds. The van der Waals surface area contributed by atoms with Gasteiger partial charge in [-0.25, -0.2) is 14.5 Å². The normalized spacial score (nSPS) is 12.5. The first-order chi connectivity index (χ1) is 7.17. The van der Waals surface area contributed by atoms with Gasteiger partial charge in [-0.15, -0.1) is 0 Å². The Balaban J connectivity index is 2.50. The lowest BCUT2D eigenvalue weighted by molar-refractivity contribution is -0.153. The first-order valence-corrected chi connectivity index (χ1v) is 4.90. The Hall–Kier alpha value is -1.43. The van der Waals surface area contributed by atoms with Crippen LogP contribution in [0, 0.1) is 0 Å². The third-order valence-electron chi connectivity index (χ3n) is 1.82. The molecule has 6 heteroatoms. The molecule has 1 aromatic rings. The molecule has 0 saturated carbocycles. The van der Waals surface area contributed by atoms with Gasteiger partial charge in [-0.1, -0.05) is 6.92 Å². The van der Waals surface area contributed by atoms with Crippen molar-refractivity contribution in [2.75, 3.05) is 6.61 Å². The van der Waals surface area contributed by atoms with E-state index in [2.05, 4.69) is 14.8 Å². The van der Waals surface area contributed by atoms with E-state index in [-0.39, 0.29) is 13.2 Å². The van der Waals surface area contributed by atoms with Gasteiger partial charge in [-0.3, -0.25) is 0 Å². The molecule has 0 radical (unpaired) electrons. The number of esters is 1. The van der Waals surface area contributed by atoms with Crippen LogP contribution < -0.4 is 0 Å². The fourth-order valence-electron chi connectivity index (χ4n) is 1.07. The summed E-state index contributed by atoms with van der Waals surface area (Å²) in [4.78, 5) is 15.1. The Bertz CT molecular complexity index is 324. The summed E-state index contributed by atoms with van der Waals surface area (Å²) >= 11 is 0. The number of rotatable bonds is 5. The maximum Gasteiger partial charge on any atom is 0.336 e. The summed E-state index contributed by atoms with van der Waals surface area (Å²) in [5.74, 6) is 0.0529. The molecule has 1 aromatic heterocycles. The topological polar surface area (TPSA) is 77.2 Å². The molecular weight excluding hydrogens is 198 g/mol. The number of ether oxygens (including phenoxy) is 1. The van der Waals surface area contributed by atoms with Gasteiger partial charge in [0.15, 0.2) is 6.10 Å². The molecule has 1 heterocycles. The molecule has 0 aliphatic carbocycles. The lowest BCUT2D eigenvalue weighted by Gasteiger charge is -2.08. The van der Waals surface area contributed by atoms with Gasteiger partial charge in [0, 0.05) is 6.42 Å². The molecule has 0 aromatic carbocycles. The van der Waals surface area contributed by atoms with Crippen molar-refractivity contribution in [1.29, 1.82) is 0 Å². The van der Waals surface area contributed by atoms with Crippen molar-refractivity contribution in [3.8, 4) is 0 Å². The van der Waals surface area contributed by atoms with Crippen LogP contribution in [-0.4, -0.2) is 38.6 Å². The minimum Gasteiger partial charge on any atom is -0.464 e. The molecule has 0 fully saturated rings. The minimum atomic E-state index is -1.18. The molecule has 0 unspecified atom stereocenters. The summed E-state index contributed by atoms with van der Waals surface area (Å²) in [7, 11) is 0. The van der Waals surface area contributed by atoms with E-state index in [0.29, 0.717) is 5.82 Å². The molecule has 84 valence electrons. The third-order valence-corrected chi connectivity index (χ3v) is 1.82. The van der Waals surface area contributed by atoms with Gasteiger partial charge >= 0.3 is 5.97 Å². The predicted molar refractivity (Wildman–Crippen MR) is 52.0 cm³/mol. The Morgan fingerprint density at radius 3 is 2.93 bits per heavy atom. The van der Waals surface area contributed by atoms with E-state index in [4.69, 9.17) is 0 Å². The van der Waals surface area contributed by atoms with Crippen LogP contribution in [-0.2, 0) is 22.5 Å². The number of carbonyl (C=O) groups is 1. The Morgan fingerprint density at radius 2 is 2.40 bits per heavy atom. The Morgan fingerprint density at radius 1 is 1.67 bits per heavy atom. The average Bonchev–Trinajstić information content (AvgIpc) is 2.66.